The lowest BCUT2D eigenvalue weighted by molar-refractivity contribution is -0.147. The van der Waals surface area contributed by atoms with Gasteiger partial charge < -0.3 is 10.2 Å². The third-order valence-electron chi connectivity index (χ3n) is 8.07. The molecule has 0 bridgehead atoms. The first kappa shape index (κ1) is 32.9. The van der Waals surface area contributed by atoms with E-state index in [2.05, 4.69) is 53.7 Å². The lowest BCUT2D eigenvalue weighted by Gasteiger charge is -2.28. The van der Waals surface area contributed by atoms with Crippen LogP contribution in [-0.2, 0) is 14.4 Å². The van der Waals surface area contributed by atoms with Crippen LogP contribution in [0.2, 0.25) is 0 Å². The minimum atomic E-state index is -0.791. The van der Waals surface area contributed by atoms with E-state index in [4.69, 9.17) is 0 Å². The van der Waals surface area contributed by atoms with Gasteiger partial charge in [0.25, 0.3) is 0 Å². The van der Waals surface area contributed by atoms with Crippen molar-refractivity contribution < 1.29 is 24.6 Å². The van der Waals surface area contributed by atoms with E-state index in [-0.39, 0.29) is 34.4 Å². The Labute approximate surface area is 236 Å². The van der Waals surface area contributed by atoms with Gasteiger partial charge in [0.2, 0.25) is 0 Å². The summed E-state index contributed by atoms with van der Waals surface area (Å²) in [5.74, 6) is -0.618. The molecule has 2 rings (SSSR count). The normalized spacial score (nSPS) is 19.3. The van der Waals surface area contributed by atoms with E-state index >= 15 is 0 Å². The third-order valence-corrected chi connectivity index (χ3v) is 8.07. The molecule has 0 atom stereocenters. The second kappa shape index (κ2) is 12.9. The van der Waals surface area contributed by atoms with Gasteiger partial charge in [-0.1, -0.05) is 78.7 Å². The number of carbonyl (C=O) groups is 3. The predicted octanol–water partition coefficient (Wildman–Crippen LogP) is 7.94. The fourth-order valence-electron chi connectivity index (χ4n) is 5.55. The Balaban J connectivity index is 2.00. The highest BCUT2D eigenvalue weighted by molar-refractivity contribution is 6.11. The molecule has 2 aliphatic rings. The second-order valence-electron chi connectivity index (χ2n) is 14.4. The molecule has 0 aliphatic heterocycles. The zero-order valence-corrected chi connectivity index (χ0v) is 25.7. The van der Waals surface area contributed by atoms with Gasteiger partial charge in [-0.05, 0) is 92.9 Å². The molecular weight excluding hydrogens is 488 g/mol. The number of carboxylic acid groups (broad SMARTS) is 1. The fraction of sp³-hybridized carbons (Fsp3) is 0.676. The number of unbranched alkanes of at least 4 members (excludes halogenated alkanes) is 2. The van der Waals surface area contributed by atoms with Crippen molar-refractivity contribution in [3.8, 4) is 0 Å². The summed E-state index contributed by atoms with van der Waals surface area (Å²) in [6.07, 6.45) is 15.6. The van der Waals surface area contributed by atoms with Crippen LogP contribution in [-0.4, -0.2) is 34.4 Å². The molecule has 0 spiro atoms. The maximum Gasteiger partial charge on any atom is 0.309 e. The molecule has 0 saturated carbocycles. The molecule has 0 fully saturated rings. The molecule has 0 aromatic carbocycles. The number of aliphatic hydroxyl groups is 1. The largest absolute Gasteiger partial charge is 0.481 e. The van der Waals surface area contributed by atoms with Crippen molar-refractivity contribution in [1.29, 1.82) is 0 Å². The maximum atomic E-state index is 13.4. The highest BCUT2D eigenvalue weighted by atomic mass is 16.4. The van der Waals surface area contributed by atoms with Crippen molar-refractivity contribution in [1.82, 2.24) is 0 Å². The van der Waals surface area contributed by atoms with Crippen molar-refractivity contribution in [2.75, 3.05) is 6.61 Å². The van der Waals surface area contributed by atoms with E-state index in [1.54, 1.807) is 13.8 Å². The number of rotatable bonds is 15. The minimum absolute atomic E-state index is 0.0669. The number of Topliss-reactive ketones (excluding diaryl/α,β-unsaturated/α-hetero) is 2. The summed E-state index contributed by atoms with van der Waals surface area (Å²) in [6.45, 7) is 16.2. The number of carbonyl (C=O) groups excluding carboxylic acids is 2. The van der Waals surface area contributed by atoms with Crippen molar-refractivity contribution in [3.63, 3.8) is 0 Å². The van der Waals surface area contributed by atoms with Crippen molar-refractivity contribution in [3.05, 3.63) is 46.6 Å². The first-order valence-corrected chi connectivity index (χ1v) is 14.7. The van der Waals surface area contributed by atoms with Gasteiger partial charge in [0.1, 0.15) is 0 Å². The number of aliphatic carboxylic acids is 1. The fourth-order valence-corrected chi connectivity index (χ4v) is 5.55. The number of carboxylic acids is 1. The highest BCUT2D eigenvalue weighted by Crippen LogP contribution is 2.37. The van der Waals surface area contributed by atoms with E-state index in [0.717, 1.165) is 60.8 Å². The average molecular weight is 541 g/mol. The lowest BCUT2D eigenvalue weighted by atomic mass is 9.75. The van der Waals surface area contributed by atoms with Crippen molar-refractivity contribution >= 4 is 17.5 Å². The molecule has 218 valence electrons. The molecule has 0 saturated heterocycles. The second-order valence-corrected chi connectivity index (χ2v) is 14.4. The first-order chi connectivity index (χ1) is 17.9. The zero-order chi connectivity index (χ0) is 29.6. The molecule has 5 nitrogen and oxygen atoms in total. The van der Waals surface area contributed by atoms with Crippen LogP contribution in [0.5, 0.6) is 0 Å². The summed E-state index contributed by atoms with van der Waals surface area (Å²) in [5.41, 5.74) is 1.95. The van der Waals surface area contributed by atoms with E-state index < -0.39 is 11.4 Å². The van der Waals surface area contributed by atoms with E-state index in [1.165, 1.54) is 0 Å². The highest BCUT2D eigenvalue weighted by Gasteiger charge is 2.31. The Bertz CT molecular complexity index is 1060. The Morgan fingerprint density at radius 3 is 1.38 bits per heavy atom. The Morgan fingerprint density at radius 1 is 0.667 bits per heavy atom. The Kier molecular flexibility index (Phi) is 10.9. The van der Waals surface area contributed by atoms with Gasteiger partial charge in [-0.3, -0.25) is 14.4 Å². The summed E-state index contributed by atoms with van der Waals surface area (Å²) < 4.78 is 0. The standard InChI is InChI=1S/C34H52O5/c1-31(2,23-35)17-11-9-13-24-19-32(3,4)21-26(28(24)36)15-16-27-22-33(5,6)20-25(29(27)37)14-10-12-18-34(7,8)30(38)39/h19-22,35H,9-18,23H2,1-8H3,(H,38,39). The van der Waals surface area contributed by atoms with E-state index in [1.807, 2.05) is 12.2 Å². The molecule has 0 radical (unpaired) electrons. The minimum Gasteiger partial charge on any atom is -0.481 e. The summed E-state index contributed by atoms with van der Waals surface area (Å²) in [4.78, 5) is 38.1. The van der Waals surface area contributed by atoms with Crippen LogP contribution in [0.1, 0.15) is 120 Å². The van der Waals surface area contributed by atoms with Gasteiger partial charge in [-0.25, -0.2) is 0 Å². The molecule has 2 aliphatic carbocycles. The van der Waals surface area contributed by atoms with Gasteiger partial charge in [-0.2, -0.15) is 0 Å². The van der Waals surface area contributed by atoms with Gasteiger partial charge in [0.15, 0.2) is 11.6 Å². The number of allylic oxidation sites excluding steroid dienone is 8. The molecule has 0 amide bonds. The molecule has 0 unspecified atom stereocenters. The number of aliphatic hydroxyl groups excluding tert-OH is 1. The van der Waals surface area contributed by atoms with Crippen molar-refractivity contribution in [2.24, 2.45) is 21.7 Å². The average Bonchev–Trinajstić information content (AvgIpc) is 2.82. The summed E-state index contributed by atoms with van der Waals surface area (Å²) in [6, 6.07) is 0. The zero-order valence-electron chi connectivity index (χ0n) is 25.7. The smallest absolute Gasteiger partial charge is 0.309 e. The van der Waals surface area contributed by atoms with Gasteiger partial charge >= 0.3 is 5.97 Å². The topological polar surface area (TPSA) is 91.7 Å². The van der Waals surface area contributed by atoms with Crippen LogP contribution < -0.4 is 0 Å². The quantitative estimate of drug-likeness (QED) is 0.206. The molecule has 0 aromatic rings. The SMILES string of the molecule is CC1(C)C=C(CCCCC(C)(C)CO)C(=O)C(CCC2=CC(C)(C)C=C(CCCCC(C)(C)C(=O)O)C2=O)=C1. The Hall–Kier alpha value is -2.27. The lowest BCUT2D eigenvalue weighted by Crippen LogP contribution is -2.23. The van der Waals surface area contributed by atoms with Crippen LogP contribution in [0.3, 0.4) is 0 Å². The van der Waals surface area contributed by atoms with Gasteiger partial charge in [0.05, 0.1) is 5.41 Å². The number of ketones is 2. The van der Waals surface area contributed by atoms with E-state index in [9.17, 15) is 24.6 Å². The van der Waals surface area contributed by atoms with Gasteiger partial charge in [0, 0.05) is 17.4 Å². The van der Waals surface area contributed by atoms with Crippen LogP contribution in [0.4, 0.5) is 0 Å². The maximum absolute atomic E-state index is 13.4. The molecular formula is C34H52O5. The molecule has 5 heteroatoms. The molecule has 0 aromatic heterocycles. The molecule has 0 heterocycles. The van der Waals surface area contributed by atoms with Crippen LogP contribution in [0.25, 0.3) is 0 Å². The molecule has 2 N–H and O–H groups in total. The summed E-state index contributed by atoms with van der Waals surface area (Å²) in [7, 11) is 0. The third kappa shape index (κ3) is 10.0. The number of hydrogen-bond acceptors (Lipinski definition) is 4. The van der Waals surface area contributed by atoms with Crippen LogP contribution in [0, 0.1) is 21.7 Å². The summed E-state index contributed by atoms with van der Waals surface area (Å²) in [5, 5.41) is 18.8. The monoisotopic (exact) mass is 540 g/mol. The summed E-state index contributed by atoms with van der Waals surface area (Å²) >= 11 is 0. The van der Waals surface area contributed by atoms with E-state index in [0.29, 0.717) is 25.7 Å². The first-order valence-electron chi connectivity index (χ1n) is 14.7. The number of hydrogen-bond donors (Lipinski definition) is 2. The molecule has 39 heavy (non-hydrogen) atoms. The van der Waals surface area contributed by atoms with Gasteiger partial charge in [-0.15, -0.1) is 0 Å². The Morgan fingerprint density at radius 2 is 1.03 bits per heavy atom. The van der Waals surface area contributed by atoms with Crippen LogP contribution >= 0.6 is 0 Å². The van der Waals surface area contributed by atoms with Crippen molar-refractivity contribution in [2.45, 2.75) is 120 Å². The van der Waals surface area contributed by atoms with Crippen LogP contribution in [0.15, 0.2) is 46.6 Å². The predicted molar refractivity (Wildman–Crippen MR) is 158 cm³/mol.